The quantitative estimate of drug-likeness (QED) is 0.137. The average molecular weight is 569 g/mol. The van der Waals surface area contributed by atoms with Gasteiger partial charge in [0.05, 0.1) is 20.4 Å². The third-order valence-corrected chi connectivity index (χ3v) is 5.23. The van der Waals surface area contributed by atoms with Crippen LogP contribution in [0.3, 0.4) is 0 Å². The fourth-order valence-corrected chi connectivity index (χ4v) is 3.63. The lowest BCUT2D eigenvalue weighted by atomic mass is 10.2. The molecule has 0 heterocycles. The first-order valence-electron chi connectivity index (χ1n) is 8.89. The van der Waals surface area contributed by atoms with E-state index in [1.54, 1.807) is 66.7 Å². The molecule has 3 aromatic carbocycles. The van der Waals surface area contributed by atoms with Crippen LogP contribution in [0.15, 0.2) is 71.8 Å². The number of hydrogen-bond acceptors (Lipinski definition) is 5. The number of hydrogen-bond donors (Lipinski definition) is 1. The summed E-state index contributed by atoms with van der Waals surface area (Å²) in [6.45, 7) is -0.204. The van der Waals surface area contributed by atoms with E-state index in [4.69, 9.17) is 32.7 Å². The van der Waals surface area contributed by atoms with Gasteiger partial charge in [-0.1, -0.05) is 47.5 Å². The Hall–Kier alpha value is -2.62. The van der Waals surface area contributed by atoms with Crippen LogP contribution in [0.1, 0.15) is 15.9 Å². The summed E-state index contributed by atoms with van der Waals surface area (Å²) in [6, 6.07) is 18.4. The molecule has 0 fully saturated rings. The summed E-state index contributed by atoms with van der Waals surface area (Å²) in [5, 5.41) is 4.79. The molecular weight excluding hydrogens is 554 g/mol. The number of hydrazone groups is 1. The Labute approximate surface area is 202 Å². The molecule has 0 bridgehead atoms. The van der Waals surface area contributed by atoms with Crippen molar-refractivity contribution in [3.63, 3.8) is 0 Å². The molecule has 0 aromatic heterocycles. The zero-order chi connectivity index (χ0) is 22.2. The predicted molar refractivity (Wildman–Crippen MR) is 128 cm³/mol. The molecule has 6 nitrogen and oxygen atoms in total. The highest BCUT2D eigenvalue weighted by atomic mass is 127. The highest BCUT2D eigenvalue weighted by molar-refractivity contribution is 14.1. The number of amides is 1. The minimum absolute atomic E-state index is 0.204. The lowest BCUT2D eigenvalue weighted by molar-refractivity contribution is -0.123. The second-order valence-electron chi connectivity index (χ2n) is 6.10. The number of halogens is 3. The zero-order valence-corrected chi connectivity index (χ0v) is 19.5. The monoisotopic (exact) mass is 568 g/mol. The maximum Gasteiger partial charge on any atom is 0.345 e. The SMILES string of the molecule is O=C(COc1ccc(Cl)cc1I)N/N=C/c1cccc(OC(=O)c2ccccc2Cl)c1. The molecule has 0 spiro atoms. The fraction of sp³-hybridized carbons (Fsp3) is 0.0455. The standard InChI is InChI=1S/C22H15Cl2IN2O4/c23-15-8-9-20(19(25)11-15)30-13-21(28)27-26-12-14-4-3-5-16(10-14)31-22(29)17-6-1-2-7-18(17)24/h1-12H,13H2,(H,27,28)/b26-12+. The summed E-state index contributed by atoms with van der Waals surface area (Å²) >= 11 is 14.0. The fourth-order valence-electron chi connectivity index (χ4n) is 2.39. The van der Waals surface area contributed by atoms with Gasteiger partial charge in [-0.3, -0.25) is 4.79 Å². The molecule has 3 aromatic rings. The van der Waals surface area contributed by atoms with Crippen LogP contribution in [-0.4, -0.2) is 24.7 Å². The molecule has 0 aliphatic carbocycles. The molecule has 0 saturated carbocycles. The van der Waals surface area contributed by atoms with Crippen LogP contribution in [0.2, 0.25) is 10.0 Å². The van der Waals surface area contributed by atoms with Gasteiger partial charge in [-0.2, -0.15) is 5.10 Å². The van der Waals surface area contributed by atoms with Crippen molar-refractivity contribution in [3.8, 4) is 11.5 Å². The number of benzene rings is 3. The van der Waals surface area contributed by atoms with Crippen LogP contribution >= 0.6 is 45.8 Å². The smallest absolute Gasteiger partial charge is 0.345 e. The van der Waals surface area contributed by atoms with Gasteiger partial charge < -0.3 is 9.47 Å². The van der Waals surface area contributed by atoms with E-state index < -0.39 is 11.9 Å². The van der Waals surface area contributed by atoms with Crippen molar-refractivity contribution in [2.24, 2.45) is 5.10 Å². The molecule has 0 saturated heterocycles. The first-order valence-corrected chi connectivity index (χ1v) is 10.7. The Morgan fingerprint density at radius 2 is 1.84 bits per heavy atom. The Kier molecular flexibility index (Phi) is 8.27. The van der Waals surface area contributed by atoms with Crippen LogP contribution in [-0.2, 0) is 4.79 Å². The summed E-state index contributed by atoms with van der Waals surface area (Å²) in [5.74, 6) is -0.122. The van der Waals surface area contributed by atoms with Crippen LogP contribution in [0.25, 0.3) is 0 Å². The van der Waals surface area contributed by atoms with Gasteiger partial charge in [0.1, 0.15) is 11.5 Å². The Bertz CT molecular complexity index is 1140. The van der Waals surface area contributed by atoms with Crippen molar-refractivity contribution in [1.82, 2.24) is 5.43 Å². The number of nitrogens with one attached hydrogen (secondary N) is 1. The van der Waals surface area contributed by atoms with Gasteiger partial charge in [-0.05, 0) is 70.6 Å². The van der Waals surface area contributed by atoms with Crippen molar-refractivity contribution in [2.45, 2.75) is 0 Å². The molecule has 1 amide bonds. The van der Waals surface area contributed by atoms with Crippen molar-refractivity contribution in [1.29, 1.82) is 0 Å². The minimum atomic E-state index is -0.568. The maximum atomic E-state index is 12.3. The molecule has 1 N–H and O–H groups in total. The molecule has 9 heteroatoms. The van der Waals surface area contributed by atoms with E-state index in [0.29, 0.717) is 27.1 Å². The van der Waals surface area contributed by atoms with Gasteiger partial charge in [0.2, 0.25) is 0 Å². The van der Waals surface area contributed by atoms with E-state index in [2.05, 4.69) is 33.1 Å². The second kappa shape index (κ2) is 11.1. The van der Waals surface area contributed by atoms with Crippen molar-refractivity contribution >= 4 is 63.9 Å². The summed E-state index contributed by atoms with van der Waals surface area (Å²) in [7, 11) is 0. The van der Waals surface area contributed by atoms with Gasteiger partial charge in [0, 0.05) is 5.02 Å². The van der Waals surface area contributed by atoms with Gasteiger partial charge in [-0.25, -0.2) is 10.2 Å². The molecular formula is C22H15Cl2IN2O4. The second-order valence-corrected chi connectivity index (χ2v) is 8.10. The van der Waals surface area contributed by atoms with E-state index in [1.165, 1.54) is 6.21 Å². The lowest BCUT2D eigenvalue weighted by Gasteiger charge is -2.07. The highest BCUT2D eigenvalue weighted by Gasteiger charge is 2.12. The summed E-state index contributed by atoms with van der Waals surface area (Å²) in [5.41, 5.74) is 3.27. The summed E-state index contributed by atoms with van der Waals surface area (Å²) in [4.78, 5) is 24.2. The number of carbonyl (C=O) groups excluding carboxylic acids is 2. The predicted octanol–water partition coefficient (Wildman–Crippen LogP) is 5.35. The van der Waals surface area contributed by atoms with Crippen LogP contribution in [0.4, 0.5) is 0 Å². The van der Waals surface area contributed by atoms with E-state index >= 15 is 0 Å². The van der Waals surface area contributed by atoms with E-state index in [0.717, 1.165) is 3.57 Å². The third kappa shape index (κ3) is 6.95. The number of nitrogens with zero attached hydrogens (tertiary/aromatic N) is 1. The number of rotatable bonds is 7. The van der Waals surface area contributed by atoms with E-state index in [9.17, 15) is 9.59 Å². The molecule has 31 heavy (non-hydrogen) atoms. The number of carbonyl (C=O) groups is 2. The van der Waals surface area contributed by atoms with Crippen molar-refractivity contribution < 1.29 is 19.1 Å². The Morgan fingerprint density at radius 3 is 2.61 bits per heavy atom. The molecule has 0 radical (unpaired) electrons. The summed E-state index contributed by atoms with van der Waals surface area (Å²) in [6.07, 6.45) is 1.43. The van der Waals surface area contributed by atoms with Gasteiger partial charge in [-0.15, -0.1) is 0 Å². The number of ether oxygens (including phenoxy) is 2. The van der Waals surface area contributed by atoms with Crippen molar-refractivity contribution in [3.05, 3.63) is 91.5 Å². The molecule has 158 valence electrons. The van der Waals surface area contributed by atoms with Crippen molar-refractivity contribution in [2.75, 3.05) is 6.61 Å². The molecule has 0 aliphatic heterocycles. The minimum Gasteiger partial charge on any atom is -0.483 e. The first-order chi connectivity index (χ1) is 14.9. The maximum absolute atomic E-state index is 12.3. The highest BCUT2D eigenvalue weighted by Crippen LogP contribution is 2.24. The Balaban J connectivity index is 1.53. The molecule has 3 rings (SSSR count). The third-order valence-electron chi connectivity index (χ3n) is 3.82. The molecule has 0 unspecified atom stereocenters. The van der Waals surface area contributed by atoms with E-state index in [1.807, 2.05) is 0 Å². The summed E-state index contributed by atoms with van der Waals surface area (Å²) < 4.78 is 11.6. The van der Waals surface area contributed by atoms with Gasteiger partial charge in [0.15, 0.2) is 6.61 Å². The van der Waals surface area contributed by atoms with Gasteiger partial charge >= 0.3 is 5.97 Å². The first kappa shape index (κ1) is 23.1. The average Bonchev–Trinajstić information content (AvgIpc) is 2.73. The molecule has 0 atom stereocenters. The van der Waals surface area contributed by atoms with Crippen LogP contribution in [0.5, 0.6) is 11.5 Å². The number of esters is 1. The Morgan fingerprint density at radius 1 is 1.03 bits per heavy atom. The van der Waals surface area contributed by atoms with Crippen LogP contribution < -0.4 is 14.9 Å². The normalized spacial score (nSPS) is 10.7. The van der Waals surface area contributed by atoms with Gasteiger partial charge in [0.25, 0.3) is 5.91 Å². The van der Waals surface area contributed by atoms with Crippen LogP contribution in [0, 0.1) is 3.57 Å². The largest absolute Gasteiger partial charge is 0.483 e. The molecule has 0 aliphatic rings. The lowest BCUT2D eigenvalue weighted by Crippen LogP contribution is -2.24. The zero-order valence-electron chi connectivity index (χ0n) is 15.8. The topological polar surface area (TPSA) is 77.0 Å². The van der Waals surface area contributed by atoms with E-state index in [-0.39, 0.29) is 12.2 Å².